The fourth-order valence-corrected chi connectivity index (χ4v) is 11.4. The van der Waals surface area contributed by atoms with Gasteiger partial charge in [-0.2, -0.15) is 0 Å². The van der Waals surface area contributed by atoms with Gasteiger partial charge >= 0.3 is 19.8 Å². The van der Waals surface area contributed by atoms with Gasteiger partial charge in [0.05, 0.1) is 27.7 Å². The number of nitrogens with zero attached hydrogens (tertiary/aromatic N) is 1. The number of hydrogen-bond acceptors (Lipinski definition) is 7. The molecule has 83 heavy (non-hydrogen) atoms. The van der Waals surface area contributed by atoms with Crippen LogP contribution < -0.4 is 0 Å². The molecular formula is C73H139NO8P+. The van der Waals surface area contributed by atoms with Gasteiger partial charge in [-0.15, -0.1) is 0 Å². The molecule has 0 rings (SSSR count). The van der Waals surface area contributed by atoms with Crippen molar-refractivity contribution in [1.82, 2.24) is 0 Å². The number of hydrogen-bond donors (Lipinski definition) is 1. The van der Waals surface area contributed by atoms with Crippen molar-refractivity contribution in [2.45, 2.75) is 360 Å². The van der Waals surface area contributed by atoms with Crippen LogP contribution in [0.1, 0.15) is 354 Å². The lowest BCUT2D eigenvalue weighted by Crippen LogP contribution is -2.37. The maximum atomic E-state index is 12.9. The number of likely N-dealkylation sites (N-methyl/N-ethyl adjacent to an activating group) is 1. The first-order chi connectivity index (χ1) is 40.5. The monoisotopic (exact) mass is 1190 g/mol. The molecule has 0 aliphatic heterocycles. The third-order valence-electron chi connectivity index (χ3n) is 16.1. The van der Waals surface area contributed by atoms with Gasteiger partial charge in [-0.3, -0.25) is 18.6 Å². The van der Waals surface area contributed by atoms with E-state index in [2.05, 4.69) is 62.5 Å². The molecule has 0 bridgehead atoms. The summed E-state index contributed by atoms with van der Waals surface area (Å²) in [6.07, 6.45) is 83.7. The zero-order valence-electron chi connectivity index (χ0n) is 55.7. The van der Waals surface area contributed by atoms with Crippen LogP contribution in [-0.4, -0.2) is 74.9 Å². The summed E-state index contributed by atoms with van der Waals surface area (Å²) in [6, 6.07) is 0. The Hall–Kier alpha value is -2.03. The molecular weight excluding hydrogens is 1050 g/mol. The summed E-state index contributed by atoms with van der Waals surface area (Å²) in [5, 5.41) is 0. The summed E-state index contributed by atoms with van der Waals surface area (Å²) in [6.45, 7) is 4.39. The van der Waals surface area contributed by atoms with E-state index in [1.54, 1.807) is 0 Å². The third-order valence-corrected chi connectivity index (χ3v) is 17.1. The normalized spacial score (nSPS) is 13.4. The second-order valence-corrected chi connectivity index (χ2v) is 27.1. The number of esters is 2. The highest BCUT2D eigenvalue weighted by molar-refractivity contribution is 7.47. The number of phosphoric acid groups is 1. The van der Waals surface area contributed by atoms with Crippen molar-refractivity contribution < 1.29 is 42.1 Å². The van der Waals surface area contributed by atoms with E-state index >= 15 is 0 Å². The highest BCUT2D eigenvalue weighted by Crippen LogP contribution is 2.43. The van der Waals surface area contributed by atoms with Gasteiger partial charge in [0.15, 0.2) is 6.10 Å². The first kappa shape index (κ1) is 81.0. The van der Waals surface area contributed by atoms with Gasteiger partial charge in [0, 0.05) is 12.8 Å². The standard InChI is InChI=1S/C73H138NO8P/c1-6-8-10-12-14-16-18-20-22-24-26-28-30-32-34-36-38-39-41-43-45-47-49-51-53-55-57-59-61-63-65-72(75)79-69-71(70-81-83(77,78)80-68-67-74(3,4)5)82-73(76)66-64-62-60-58-56-54-52-50-48-46-44-42-40-37-35-33-31-29-27-25-23-21-19-17-15-13-11-9-7-2/h9,11,15,17,21,23,27,29,71H,6-8,10,12-14,16,18-20,22,24-26,28,30-70H2,1-5H3/p+1/b11-9-,17-15-,23-21-,29-27-. The first-order valence-electron chi connectivity index (χ1n) is 35.9. The van der Waals surface area contributed by atoms with Gasteiger partial charge in [0.2, 0.25) is 0 Å². The van der Waals surface area contributed by atoms with Gasteiger partial charge in [-0.05, 0) is 51.4 Å². The van der Waals surface area contributed by atoms with E-state index in [0.29, 0.717) is 23.9 Å². The summed E-state index contributed by atoms with van der Waals surface area (Å²) in [7, 11) is 1.49. The fourth-order valence-electron chi connectivity index (χ4n) is 10.7. The Morgan fingerprint density at radius 1 is 0.386 bits per heavy atom. The van der Waals surface area contributed by atoms with Gasteiger partial charge in [-0.25, -0.2) is 4.57 Å². The second-order valence-electron chi connectivity index (χ2n) is 25.6. The number of phosphoric ester groups is 1. The smallest absolute Gasteiger partial charge is 0.462 e. The molecule has 10 heteroatoms. The van der Waals surface area contributed by atoms with E-state index in [1.807, 2.05) is 21.1 Å². The van der Waals surface area contributed by atoms with Crippen molar-refractivity contribution in [2.75, 3.05) is 47.5 Å². The summed E-state index contributed by atoms with van der Waals surface area (Å²) >= 11 is 0. The van der Waals surface area contributed by atoms with Crippen LogP contribution in [-0.2, 0) is 32.7 Å². The maximum absolute atomic E-state index is 12.9. The highest BCUT2D eigenvalue weighted by Gasteiger charge is 2.27. The molecule has 0 saturated carbocycles. The number of carbonyl (C=O) groups excluding carboxylic acids is 2. The summed E-state index contributed by atoms with van der Waals surface area (Å²) in [4.78, 5) is 35.9. The van der Waals surface area contributed by atoms with Crippen molar-refractivity contribution in [3.8, 4) is 0 Å². The quantitative estimate of drug-likeness (QED) is 0.0211. The van der Waals surface area contributed by atoms with E-state index in [0.717, 1.165) is 57.8 Å². The SMILES string of the molecule is CC/C=C\C/C=C\C/C=C\C/C=C\CCCCCCCCCCCCCCCCCCC(=O)OC(COC(=O)CCCCCCCCCCCCCCCCCCCCCCCCCCCCCCCC)COP(=O)(O)OCC[N+](C)(C)C. The molecule has 0 fully saturated rings. The van der Waals surface area contributed by atoms with Gasteiger partial charge < -0.3 is 18.9 Å². The van der Waals surface area contributed by atoms with E-state index in [1.165, 1.54) is 263 Å². The molecule has 0 radical (unpaired) electrons. The van der Waals surface area contributed by atoms with Gasteiger partial charge in [-0.1, -0.05) is 339 Å². The lowest BCUT2D eigenvalue weighted by molar-refractivity contribution is -0.870. The third kappa shape index (κ3) is 68.9. The summed E-state index contributed by atoms with van der Waals surface area (Å²) in [5.41, 5.74) is 0. The Morgan fingerprint density at radius 3 is 1.02 bits per heavy atom. The maximum Gasteiger partial charge on any atom is 0.472 e. The fraction of sp³-hybridized carbons (Fsp3) is 0.863. The van der Waals surface area contributed by atoms with Crippen LogP contribution in [0.4, 0.5) is 0 Å². The van der Waals surface area contributed by atoms with Crippen LogP contribution in [0, 0.1) is 0 Å². The van der Waals surface area contributed by atoms with Crippen LogP contribution in [0.5, 0.6) is 0 Å². The zero-order chi connectivity index (χ0) is 60.5. The van der Waals surface area contributed by atoms with E-state index in [9.17, 15) is 19.0 Å². The Labute approximate surface area is 515 Å². The second kappa shape index (κ2) is 64.4. The minimum atomic E-state index is -4.39. The van der Waals surface area contributed by atoms with Crippen LogP contribution in [0.2, 0.25) is 0 Å². The van der Waals surface area contributed by atoms with E-state index in [-0.39, 0.29) is 25.6 Å². The lowest BCUT2D eigenvalue weighted by atomic mass is 10.0. The van der Waals surface area contributed by atoms with Crippen LogP contribution >= 0.6 is 7.82 Å². The molecule has 0 spiro atoms. The average molecular weight is 1190 g/mol. The lowest BCUT2D eigenvalue weighted by Gasteiger charge is -2.24. The minimum absolute atomic E-state index is 0.0337. The van der Waals surface area contributed by atoms with Crippen molar-refractivity contribution >= 4 is 19.8 Å². The molecule has 0 aromatic heterocycles. The number of carbonyl (C=O) groups is 2. The molecule has 0 aromatic rings. The Morgan fingerprint density at radius 2 is 0.687 bits per heavy atom. The van der Waals surface area contributed by atoms with Crippen molar-refractivity contribution in [1.29, 1.82) is 0 Å². The number of quaternary nitrogens is 1. The average Bonchev–Trinajstić information content (AvgIpc) is 3.49. The van der Waals surface area contributed by atoms with Gasteiger partial charge in [0.25, 0.3) is 0 Å². The van der Waals surface area contributed by atoms with E-state index < -0.39 is 26.5 Å². The van der Waals surface area contributed by atoms with E-state index in [4.69, 9.17) is 18.5 Å². The number of ether oxygens (including phenoxy) is 2. The first-order valence-corrected chi connectivity index (χ1v) is 37.4. The summed E-state index contributed by atoms with van der Waals surface area (Å²) < 4.78 is 34.8. The van der Waals surface area contributed by atoms with Crippen LogP contribution in [0.25, 0.3) is 0 Å². The molecule has 0 aromatic carbocycles. The molecule has 0 aliphatic carbocycles. The topological polar surface area (TPSA) is 108 Å². The number of unbranched alkanes of at least 4 members (excludes halogenated alkanes) is 45. The highest BCUT2D eigenvalue weighted by atomic mass is 31.2. The predicted octanol–water partition coefficient (Wildman–Crippen LogP) is 23.2. The Balaban J connectivity index is 3.98. The Bertz CT molecular complexity index is 1540. The molecule has 2 unspecified atom stereocenters. The number of allylic oxidation sites excluding steroid dienone is 8. The Kier molecular flexibility index (Phi) is 62.9. The molecule has 9 nitrogen and oxygen atoms in total. The molecule has 488 valence electrons. The predicted molar refractivity (Wildman–Crippen MR) is 358 cm³/mol. The largest absolute Gasteiger partial charge is 0.472 e. The van der Waals surface area contributed by atoms with Crippen molar-refractivity contribution in [3.05, 3.63) is 48.6 Å². The van der Waals surface area contributed by atoms with Crippen LogP contribution in [0.3, 0.4) is 0 Å². The molecule has 0 amide bonds. The zero-order valence-corrected chi connectivity index (χ0v) is 56.6. The molecule has 0 saturated heterocycles. The molecule has 2 atom stereocenters. The molecule has 0 aliphatic rings. The minimum Gasteiger partial charge on any atom is -0.462 e. The molecule has 1 N–H and O–H groups in total. The number of rotatable bonds is 67. The van der Waals surface area contributed by atoms with Crippen molar-refractivity contribution in [3.63, 3.8) is 0 Å². The van der Waals surface area contributed by atoms with Crippen LogP contribution in [0.15, 0.2) is 48.6 Å². The molecule has 0 heterocycles. The summed E-state index contributed by atoms with van der Waals surface area (Å²) in [5.74, 6) is -0.777. The van der Waals surface area contributed by atoms with Crippen molar-refractivity contribution in [2.24, 2.45) is 0 Å². The van der Waals surface area contributed by atoms with Gasteiger partial charge in [0.1, 0.15) is 19.8 Å².